The summed E-state index contributed by atoms with van der Waals surface area (Å²) in [6.45, 7) is 0.282. The van der Waals surface area contributed by atoms with Crippen molar-refractivity contribution in [3.8, 4) is 5.75 Å². The number of ether oxygens (including phenoxy) is 1. The molecule has 0 radical (unpaired) electrons. The first-order valence-electron chi connectivity index (χ1n) is 6.41. The van der Waals surface area contributed by atoms with Gasteiger partial charge in [0.1, 0.15) is 17.4 Å². The van der Waals surface area contributed by atoms with E-state index in [4.69, 9.17) is 10.6 Å². The molecule has 0 spiro atoms. The number of para-hydroxylation sites is 1. The van der Waals surface area contributed by atoms with Crippen molar-refractivity contribution in [1.82, 2.24) is 5.43 Å². The molecule has 0 fully saturated rings. The van der Waals surface area contributed by atoms with Crippen LogP contribution in [0.1, 0.15) is 18.0 Å². The second-order valence-corrected chi connectivity index (χ2v) is 5.28. The topological polar surface area (TPSA) is 47.3 Å². The monoisotopic (exact) mass is 356 g/mol. The average Bonchev–Trinajstić information content (AvgIpc) is 2.50. The van der Waals surface area contributed by atoms with E-state index in [0.29, 0.717) is 12.2 Å². The van der Waals surface area contributed by atoms with Gasteiger partial charge in [0.05, 0.1) is 17.1 Å². The summed E-state index contributed by atoms with van der Waals surface area (Å²) in [5.74, 6) is 4.82. The highest BCUT2D eigenvalue weighted by molar-refractivity contribution is 9.10. The highest BCUT2D eigenvalue weighted by Crippen LogP contribution is 2.28. The number of hydrogen-bond donors (Lipinski definition) is 2. The third-order valence-corrected chi connectivity index (χ3v) is 3.66. The van der Waals surface area contributed by atoms with E-state index in [1.165, 1.54) is 12.1 Å². The second-order valence-electron chi connectivity index (χ2n) is 4.43. The normalized spacial score (nSPS) is 12.2. The molecule has 0 heterocycles. The van der Waals surface area contributed by atoms with E-state index in [0.717, 1.165) is 0 Å². The molecule has 1 unspecified atom stereocenters. The fourth-order valence-corrected chi connectivity index (χ4v) is 2.33. The zero-order chi connectivity index (χ0) is 15.2. The molecule has 1 atom stereocenters. The molecule has 0 aliphatic carbocycles. The van der Waals surface area contributed by atoms with E-state index < -0.39 is 17.7 Å². The molecule has 0 amide bonds. The predicted molar refractivity (Wildman–Crippen MR) is 80.7 cm³/mol. The highest BCUT2D eigenvalue weighted by Gasteiger charge is 2.21. The van der Waals surface area contributed by atoms with Crippen LogP contribution in [0.2, 0.25) is 0 Å². The van der Waals surface area contributed by atoms with E-state index >= 15 is 0 Å². The van der Waals surface area contributed by atoms with Crippen molar-refractivity contribution in [2.75, 3.05) is 6.61 Å². The summed E-state index contributed by atoms with van der Waals surface area (Å²) in [5.41, 5.74) is 2.34. The Labute approximate surface area is 130 Å². The molecule has 21 heavy (non-hydrogen) atoms. The number of hydrazine groups is 1. The van der Waals surface area contributed by atoms with Gasteiger partial charge < -0.3 is 4.74 Å². The molecule has 0 aromatic heterocycles. The maximum Gasteiger partial charge on any atom is 0.145 e. The molecular weight excluding hydrogens is 342 g/mol. The van der Waals surface area contributed by atoms with Gasteiger partial charge in [0.2, 0.25) is 0 Å². The Kier molecular flexibility index (Phi) is 5.67. The van der Waals surface area contributed by atoms with Crippen molar-refractivity contribution in [3.63, 3.8) is 0 Å². The van der Waals surface area contributed by atoms with Gasteiger partial charge in [-0.15, -0.1) is 0 Å². The summed E-state index contributed by atoms with van der Waals surface area (Å²) < 4.78 is 33.6. The van der Waals surface area contributed by atoms with Crippen molar-refractivity contribution in [1.29, 1.82) is 0 Å². The molecule has 0 saturated carbocycles. The predicted octanol–water partition coefficient (Wildman–Crippen LogP) is 3.70. The van der Waals surface area contributed by atoms with Gasteiger partial charge in [-0.25, -0.2) is 8.78 Å². The molecule has 6 heteroatoms. The van der Waals surface area contributed by atoms with Crippen molar-refractivity contribution in [2.24, 2.45) is 5.84 Å². The van der Waals surface area contributed by atoms with Crippen LogP contribution in [-0.2, 0) is 0 Å². The first kappa shape index (κ1) is 15.9. The van der Waals surface area contributed by atoms with E-state index in [2.05, 4.69) is 21.4 Å². The lowest BCUT2D eigenvalue weighted by molar-refractivity contribution is 0.283. The SMILES string of the molecule is NNC(CCOc1ccccc1)c1c(F)ccc(Br)c1F. The Morgan fingerprint density at radius 1 is 1.14 bits per heavy atom. The van der Waals surface area contributed by atoms with Crippen LogP contribution in [0.5, 0.6) is 5.75 Å². The largest absolute Gasteiger partial charge is 0.494 e. The van der Waals surface area contributed by atoms with Crippen LogP contribution < -0.4 is 16.0 Å². The van der Waals surface area contributed by atoms with Gasteiger partial charge in [0.25, 0.3) is 0 Å². The molecule has 2 aromatic rings. The molecular formula is C15H15BrF2N2O. The van der Waals surface area contributed by atoms with Crippen molar-refractivity contribution in [3.05, 3.63) is 64.1 Å². The third-order valence-electron chi connectivity index (χ3n) is 3.05. The fourth-order valence-electron chi connectivity index (χ4n) is 1.98. The number of hydrogen-bond acceptors (Lipinski definition) is 3. The van der Waals surface area contributed by atoms with Gasteiger partial charge in [-0.2, -0.15) is 0 Å². The summed E-state index contributed by atoms with van der Waals surface area (Å²) in [6.07, 6.45) is 0.329. The highest BCUT2D eigenvalue weighted by atomic mass is 79.9. The van der Waals surface area contributed by atoms with Gasteiger partial charge in [-0.3, -0.25) is 11.3 Å². The van der Waals surface area contributed by atoms with E-state index in [1.807, 2.05) is 30.3 Å². The molecule has 112 valence electrons. The molecule has 3 N–H and O–H groups in total. The van der Waals surface area contributed by atoms with Gasteiger partial charge in [-0.1, -0.05) is 18.2 Å². The minimum atomic E-state index is -0.675. The first-order valence-corrected chi connectivity index (χ1v) is 7.20. The van der Waals surface area contributed by atoms with Crippen molar-refractivity contribution >= 4 is 15.9 Å². The van der Waals surface area contributed by atoms with Gasteiger partial charge in [0.15, 0.2) is 0 Å². The maximum atomic E-state index is 14.0. The summed E-state index contributed by atoms with van der Waals surface area (Å²) in [5, 5.41) is 0. The minimum Gasteiger partial charge on any atom is -0.494 e. The number of nitrogens with one attached hydrogen (secondary N) is 1. The quantitative estimate of drug-likeness (QED) is 0.471. The number of rotatable bonds is 6. The zero-order valence-corrected chi connectivity index (χ0v) is 12.7. The lowest BCUT2D eigenvalue weighted by Crippen LogP contribution is -2.30. The Bertz CT molecular complexity index is 596. The Morgan fingerprint density at radius 3 is 2.52 bits per heavy atom. The number of benzene rings is 2. The van der Waals surface area contributed by atoms with Crippen LogP contribution >= 0.6 is 15.9 Å². The maximum absolute atomic E-state index is 14.0. The molecule has 0 bridgehead atoms. The lowest BCUT2D eigenvalue weighted by atomic mass is 10.0. The van der Waals surface area contributed by atoms with Gasteiger partial charge >= 0.3 is 0 Å². The molecule has 3 nitrogen and oxygen atoms in total. The van der Waals surface area contributed by atoms with Crippen LogP contribution in [-0.4, -0.2) is 6.61 Å². The number of nitrogens with two attached hydrogens (primary N) is 1. The number of halogens is 3. The van der Waals surface area contributed by atoms with E-state index in [-0.39, 0.29) is 16.6 Å². The standard InChI is InChI=1S/C15H15BrF2N2O/c16-11-6-7-12(17)14(15(11)18)13(20-19)8-9-21-10-4-2-1-3-5-10/h1-7,13,20H,8-9,19H2. The summed E-state index contributed by atoms with van der Waals surface area (Å²) >= 11 is 3.04. The van der Waals surface area contributed by atoms with Crippen LogP contribution in [0.25, 0.3) is 0 Å². The third kappa shape index (κ3) is 4.00. The first-order chi connectivity index (χ1) is 10.1. The van der Waals surface area contributed by atoms with Crippen LogP contribution in [0.3, 0.4) is 0 Å². The second kappa shape index (κ2) is 7.49. The minimum absolute atomic E-state index is 0.0939. The Balaban J connectivity index is 2.05. The molecule has 2 rings (SSSR count). The van der Waals surface area contributed by atoms with Crippen molar-refractivity contribution in [2.45, 2.75) is 12.5 Å². The Hall–Kier alpha value is -1.50. The smallest absolute Gasteiger partial charge is 0.145 e. The van der Waals surface area contributed by atoms with Crippen molar-refractivity contribution < 1.29 is 13.5 Å². The van der Waals surface area contributed by atoms with E-state index in [1.54, 1.807) is 0 Å². The van der Waals surface area contributed by atoms with Gasteiger partial charge in [0, 0.05) is 12.0 Å². The molecule has 0 aliphatic rings. The summed E-state index contributed by atoms with van der Waals surface area (Å²) in [6, 6.07) is 11.0. The van der Waals surface area contributed by atoms with E-state index in [9.17, 15) is 8.78 Å². The summed E-state index contributed by atoms with van der Waals surface area (Å²) in [7, 11) is 0. The van der Waals surface area contributed by atoms with Crippen LogP contribution in [0, 0.1) is 11.6 Å². The average molecular weight is 357 g/mol. The Morgan fingerprint density at radius 2 is 1.86 bits per heavy atom. The molecule has 2 aromatic carbocycles. The van der Waals surface area contributed by atoms with Crippen LogP contribution in [0.4, 0.5) is 8.78 Å². The summed E-state index contributed by atoms with van der Waals surface area (Å²) in [4.78, 5) is 0. The zero-order valence-electron chi connectivity index (χ0n) is 11.2. The van der Waals surface area contributed by atoms with Crippen LogP contribution in [0.15, 0.2) is 46.9 Å². The lowest BCUT2D eigenvalue weighted by Gasteiger charge is -2.18. The van der Waals surface area contributed by atoms with Gasteiger partial charge in [-0.05, 0) is 40.2 Å². The molecule has 0 saturated heterocycles. The molecule has 0 aliphatic heterocycles. The fraction of sp³-hybridized carbons (Fsp3) is 0.200.